The van der Waals surface area contributed by atoms with E-state index in [1.54, 1.807) is 6.92 Å². The van der Waals surface area contributed by atoms with Gasteiger partial charge in [-0.3, -0.25) is 14.2 Å². The third-order valence-electron chi connectivity index (χ3n) is 4.21. The Morgan fingerprint density at radius 1 is 1.40 bits per heavy atom. The second-order valence-corrected chi connectivity index (χ2v) is 6.10. The van der Waals surface area contributed by atoms with Crippen LogP contribution in [0.25, 0.3) is 11.2 Å². The van der Waals surface area contributed by atoms with Crippen LogP contribution in [0.2, 0.25) is 5.28 Å². The van der Waals surface area contributed by atoms with Crippen LogP contribution in [0.15, 0.2) is 0 Å². The van der Waals surface area contributed by atoms with Crippen molar-refractivity contribution in [1.82, 2.24) is 24.8 Å². The van der Waals surface area contributed by atoms with Gasteiger partial charge in [0.1, 0.15) is 23.9 Å². The maximum atomic E-state index is 11.8. The first-order valence-corrected chi connectivity index (χ1v) is 7.99. The zero-order valence-electron chi connectivity index (χ0n) is 13.2. The molecule has 1 fully saturated rings. The monoisotopic (exact) mass is 367 g/mol. The Kier molecular flexibility index (Phi) is 4.58. The Morgan fingerprint density at radius 2 is 2.12 bits per heavy atom. The Hall–Kier alpha value is -2.30. The van der Waals surface area contributed by atoms with Crippen molar-refractivity contribution in [2.24, 2.45) is 5.73 Å². The molecule has 10 nitrogen and oxygen atoms in total. The highest BCUT2D eigenvalue weighted by atomic mass is 35.5. The Morgan fingerprint density at radius 3 is 2.76 bits per heavy atom. The zero-order chi connectivity index (χ0) is 18.3. The van der Waals surface area contributed by atoms with Gasteiger partial charge in [-0.05, 0) is 18.0 Å². The third kappa shape index (κ3) is 3.03. The number of halogens is 1. The molecule has 0 spiro atoms. The highest BCUT2D eigenvalue weighted by Crippen LogP contribution is 2.34. The molecule has 2 aromatic heterocycles. The van der Waals surface area contributed by atoms with Crippen molar-refractivity contribution in [1.29, 1.82) is 0 Å². The minimum Gasteiger partial charge on any atom is -0.388 e. The fraction of sp³-hybridized carbons (Fsp3) is 0.500. The first kappa shape index (κ1) is 17.5. The van der Waals surface area contributed by atoms with E-state index in [4.69, 9.17) is 17.3 Å². The summed E-state index contributed by atoms with van der Waals surface area (Å²) in [6.07, 6.45) is 0.437. The lowest BCUT2D eigenvalue weighted by molar-refractivity contribution is -0.122. The molecular weight excluding hydrogens is 352 g/mol. The molecule has 0 aliphatic heterocycles. The SMILES string of the molecule is CCC(=O)N[C@H]1C[C@@H](n2c(C(N)=O)nc3[c]nc(Cl)nc32)[C@H](O)[C@@H]1O. The summed E-state index contributed by atoms with van der Waals surface area (Å²) >= 11 is 5.79. The molecule has 0 unspecified atom stereocenters. The number of rotatable bonds is 4. The molecule has 0 bridgehead atoms. The maximum Gasteiger partial charge on any atom is 0.284 e. The van der Waals surface area contributed by atoms with Crippen LogP contribution in [0.1, 0.15) is 36.4 Å². The molecule has 2 amide bonds. The quantitative estimate of drug-likeness (QED) is 0.501. The number of primary amides is 1. The summed E-state index contributed by atoms with van der Waals surface area (Å²) in [5, 5.41) is 23.2. The molecule has 0 saturated heterocycles. The van der Waals surface area contributed by atoms with Crippen LogP contribution in [0.4, 0.5) is 0 Å². The van der Waals surface area contributed by atoms with Crippen molar-refractivity contribution < 1.29 is 19.8 Å². The van der Waals surface area contributed by atoms with Crippen LogP contribution in [0.3, 0.4) is 0 Å². The molecule has 1 aliphatic rings. The minimum atomic E-state index is -1.27. The lowest BCUT2D eigenvalue weighted by atomic mass is 10.2. The smallest absolute Gasteiger partial charge is 0.284 e. The molecule has 1 aliphatic carbocycles. The fourth-order valence-corrected chi connectivity index (χ4v) is 3.14. The van der Waals surface area contributed by atoms with E-state index in [0.717, 1.165) is 0 Å². The van der Waals surface area contributed by atoms with Crippen LogP contribution in [-0.2, 0) is 4.79 Å². The lowest BCUT2D eigenvalue weighted by Crippen LogP contribution is -2.42. The van der Waals surface area contributed by atoms with Gasteiger partial charge in [0.2, 0.25) is 17.0 Å². The number of aromatic nitrogens is 4. The van der Waals surface area contributed by atoms with Crippen LogP contribution < -0.4 is 11.1 Å². The fourth-order valence-electron chi connectivity index (χ4n) is 3.02. The van der Waals surface area contributed by atoms with Gasteiger partial charge in [0, 0.05) is 6.42 Å². The van der Waals surface area contributed by atoms with Gasteiger partial charge in [0.25, 0.3) is 5.91 Å². The number of aliphatic hydroxyl groups excluding tert-OH is 2. The number of carbonyl (C=O) groups is 2. The highest BCUT2D eigenvalue weighted by molar-refractivity contribution is 6.28. The number of aliphatic hydroxyl groups is 2. The predicted molar refractivity (Wildman–Crippen MR) is 85.6 cm³/mol. The van der Waals surface area contributed by atoms with Crippen molar-refractivity contribution in [3.05, 3.63) is 17.3 Å². The van der Waals surface area contributed by atoms with Crippen molar-refractivity contribution in [3.8, 4) is 0 Å². The lowest BCUT2D eigenvalue weighted by Gasteiger charge is -2.19. The highest BCUT2D eigenvalue weighted by Gasteiger charge is 2.44. The van der Waals surface area contributed by atoms with Gasteiger partial charge in [0.15, 0.2) is 5.65 Å². The summed E-state index contributed by atoms with van der Waals surface area (Å²) in [6, 6.07) is -1.48. The molecule has 4 atom stereocenters. The third-order valence-corrected chi connectivity index (χ3v) is 4.38. The van der Waals surface area contributed by atoms with Crippen LogP contribution in [0, 0.1) is 6.20 Å². The molecule has 1 saturated carbocycles. The number of nitrogens with one attached hydrogen (secondary N) is 1. The topological polar surface area (TPSA) is 156 Å². The average molecular weight is 368 g/mol. The van der Waals surface area contributed by atoms with E-state index in [-0.39, 0.29) is 41.0 Å². The van der Waals surface area contributed by atoms with Gasteiger partial charge in [-0.15, -0.1) is 0 Å². The second kappa shape index (κ2) is 6.54. The van der Waals surface area contributed by atoms with E-state index >= 15 is 0 Å². The van der Waals surface area contributed by atoms with E-state index in [9.17, 15) is 19.8 Å². The molecule has 1 radical (unpaired) electrons. The van der Waals surface area contributed by atoms with E-state index < -0.39 is 30.2 Å². The summed E-state index contributed by atoms with van der Waals surface area (Å²) in [4.78, 5) is 35.1. The molecular formula is C14H16ClN6O4. The van der Waals surface area contributed by atoms with Crippen LogP contribution in [-0.4, -0.2) is 59.8 Å². The number of nitrogens with zero attached hydrogens (tertiary/aromatic N) is 4. The van der Waals surface area contributed by atoms with E-state index in [1.165, 1.54) is 4.57 Å². The Balaban J connectivity index is 2.06. The van der Waals surface area contributed by atoms with E-state index in [0.29, 0.717) is 0 Å². The number of carbonyl (C=O) groups excluding carboxylic acids is 2. The summed E-state index contributed by atoms with van der Waals surface area (Å²) < 4.78 is 1.31. The second-order valence-electron chi connectivity index (χ2n) is 5.76. The molecule has 2 aromatic rings. The molecule has 11 heteroatoms. The van der Waals surface area contributed by atoms with Gasteiger partial charge in [-0.25, -0.2) is 9.97 Å². The van der Waals surface area contributed by atoms with Gasteiger partial charge >= 0.3 is 0 Å². The molecule has 2 heterocycles. The molecule has 133 valence electrons. The number of hydrogen-bond donors (Lipinski definition) is 4. The predicted octanol–water partition coefficient (Wildman–Crippen LogP) is -1.06. The molecule has 25 heavy (non-hydrogen) atoms. The van der Waals surface area contributed by atoms with Crippen molar-refractivity contribution in [2.75, 3.05) is 0 Å². The number of nitrogens with two attached hydrogens (primary N) is 1. The summed E-state index contributed by atoms with van der Waals surface area (Å²) in [6.45, 7) is 1.67. The van der Waals surface area contributed by atoms with Gasteiger partial charge < -0.3 is 21.3 Å². The largest absolute Gasteiger partial charge is 0.388 e. The number of imidazole rings is 1. The summed E-state index contributed by atoms with van der Waals surface area (Å²) in [5.41, 5.74) is 5.68. The number of amides is 2. The molecule has 5 N–H and O–H groups in total. The van der Waals surface area contributed by atoms with Crippen LogP contribution >= 0.6 is 11.6 Å². The van der Waals surface area contributed by atoms with E-state index in [1.807, 2.05) is 0 Å². The minimum absolute atomic E-state index is 0.117. The Labute approximate surface area is 147 Å². The average Bonchev–Trinajstić information content (AvgIpc) is 3.07. The first-order valence-electron chi connectivity index (χ1n) is 7.62. The van der Waals surface area contributed by atoms with E-state index in [2.05, 4.69) is 26.5 Å². The normalized spacial score (nSPS) is 26.1. The number of fused-ring (bicyclic) bond motifs is 1. The summed E-state index contributed by atoms with van der Waals surface area (Å²) in [5.74, 6) is -1.27. The molecule has 0 aromatic carbocycles. The standard InChI is InChI=1S/C14H16ClN6O4/c1-2-8(22)18-5-3-7(10(24)9(5)23)21-12-6(4-17-14(15)20-12)19-13(21)11(16)25/h5,7,9-10,23-24H,2-3H2,1H3,(H2,16,25)(H,18,22)/t5-,7+,9+,10-/m0/s1. The van der Waals surface area contributed by atoms with Crippen molar-refractivity contribution >= 4 is 34.6 Å². The first-order chi connectivity index (χ1) is 11.8. The van der Waals surface area contributed by atoms with Crippen molar-refractivity contribution in [3.63, 3.8) is 0 Å². The Bertz CT molecular complexity index is 840. The molecule has 3 rings (SSSR count). The number of hydrogen-bond acceptors (Lipinski definition) is 7. The maximum absolute atomic E-state index is 11.8. The van der Waals surface area contributed by atoms with Crippen LogP contribution in [0.5, 0.6) is 0 Å². The zero-order valence-corrected chi connectivity index (χ0v) is 13.9. The van der Waals surface area contributed by atoms with Crippen molar-refractivity contribution in [2.45, 2.75) is 44.1 Å². The summed E-state index contributed by atoms with van der Waals surface area (Å²) in [7, 11) is 0. The van der Waals surface area contributed by atoms with Gasteiger partial charge in [-0.2, -0.15) is 4.98 Å². The van der Waals surface area contributed by atoms with Gasteiger partial charge in [-0.1, -0.05) is 6.92 Å². The van der Waals surface area contributed by atoms with Gasteiger partial charge in [0.05, 0.1) is 12.1 Å².